The first-order valence-corrected chi connectivity index (χ1v) is 8.15. The van der Waals surface area contributed by atoms with Crippen molar-refractivity contribution in [2.75, 3.05) is 18.5 Å². The molecule has 2 amide bonds. The van der Waals surface area contributed by atoms with E-state index in [4.69, 9.17) is 13.9 Å². The molecule has 128 valence electrons. The molecule has 1 aliphatic rings. The number of benzene rings is 2. The maximum Gasteiger partial charge on any atom is 0.319 e. The van der Waals surface area contributed by atoms with E-state index in [1.807, 2.05) is 49.4 Å². The minimum absolute atomic E-state index is 0.274. The smallest absolute Gasteiger partial charge is 0.319 e. The number of carbonyl (C=O) groups excluding carboxylic acids is 1. The molecule has 0 bridgehead atoms. The largest absolute Gasteiger partial charge is 0.486 e. The second-order valence-corrected chi connectivity index (χ2v) is 5.84. The van der Waals surface area contributed by atoms with Crippen LogP contribution in [0.3, 0.4) is 0 Å². The van der Waals surface area contributed by atoms with Gasteiger partial charge in [-0.2, -0.15) is 0 Å². The van der Waals surface area contributed by atoms with Gasteiger partial charge in [0.25, 0.3) is 0 Å². The number of fused-ring (bicyclic) bond motifs is 2. The molecule has 1 atom stereocenters. The number of carbonyl (C=O) groups is 1. The maximum atomic E-state index is 12.3. The van der Waals surface area contributed by atoms with E-state index in [1.165, 1.54) is 0 Å². The van der Waals surface area contributed by atoms with Crippen molar-refractivity contribution in [3.63, 3.8) is 0 Å². The Morgan fingerprint density at radius 1 is 1.08 bits per heavy atom. The third-order valence-electron chi connectivity index (χ3n) is 4.03. The molecule has 2 N–H and O–H groups in total. The number of urea groups is 1. The van der Waals surface area contributed by atoms with Crippen LogP contribution < -0.4 is 20.1 Å². The Bertz CT molecular complexity index is 886. The standard InChI is InChI=1S/C19H18N2O4/c1-12(17-11-13-5-2-3-7-15(13)25-17)20-19(22)21-14-6-4-8-16-18(14)24-10-9-23-16/h2-8,11-12H,9-10H2,1H3,(H2,20,21,22). The molecule has 2 aromatic carbocycles. The normalized spacial score (nSPS) is 14.1. The summed E-state index contributed by atoms with van der Waals surface area (Å²) in [5.74, 6) is 1.89. The number of para-hydroxylation sites is 2. The predicted octanol–water partition coefficient (Wildman–Crippen LogP) is 4.09. The summed E-state index contributed by atoms with van der Waals surface area (Å²) in [6.45, 7) is 2.84. The third-order valence-corrected chi connectivity index (χ3v) is 4.03. The Hall–Kier alpha value is -3.15. The van der Waals surface area contributed by atoms with Gasteiger partial charge in [0.15, 0.2) is 11.5 Å². The fourth-order valence-electron chi connectivity index (χ4n) is 2.81. The fourth-order valence-corrected chi connectivity index (χ4v) is 2.81. The van der Waals surface area contributed by atoms with Crippen LogP contribution >= 0.6 is 0 Å². The second-order valence-electron chi connectivity index (χ2n) is 5.84. The predicted molar refractivity (Wildman–Crippen MR) is 94.2 cm³/mol. The minimum atomic E-state index is -0.337. The van der Waals surface area contributed by atoms with Crippen molar-refractivity contribution in [1.82, 2.24) is 5.32 Å². The number of anilines is 1. The zero-order valence-electron chi connectivity index (χ0n) is 13.7. The highest BCUT2D eigenvalue weighted by atomic mass is 16.6. The van der Waals surface area contributed by atoms with Gasteiger partial charge in [-0.1, -0.05) is 24.3 Å². The van der Waals surface area contributed by atoms with Gasteiger partial charge in [-0.3, -0.25) is 0 Å². The Balaban J connectivity index is 1.47. The molecule has 0 saturated heterocycles. The van der Waals surface area contributed by atoms with Crippen LogP contribution in [-0.4, -0.2) is 19.2 Å². The average Bonchev–Trinajstić information content (AvgIpc) is 3.06. The molecule has 4 rings (SSSR count). The summed E-state index contributed by atoms with van der Waals surface area (Å²) in [5.41, 5.74) is 1.38. The van der Waals surface area contributed by atoms with Crippen LogP contribution in [0, 0.1) is 0 Å². The molecule has 0 spiro atoms. The first-order valence-electron chi connectivity index (χ1n) is 8.15. The van der Waals surface area contributed by atoms with Gasteiger partial charge >= 0.3 is 6.03 Å². The lowest BCUT2D eigenvalue weighted by molar-refractivity contribution is 0.172. The molecule has 0 radical (unpaired) electrons. The van der Waals surface area contributed by atoms with Crippen LogP contribution in [0.4, 0.5) is 10.5 Å². The third kappa shape index (κ3) is 3.10. The van der Waals surface area contributed by atoms with E-state index in [1.54, 1.807) is 6.07 Å². The Labute approximate surface area is 144 Å². The van der Waals surface area contributed by atoms with Gasteiger partial charge in [-0.15, -0.1) is 0 Å². The Kier molecular flexibility index (Phi) is 3.93. The monoisotopic (exact) mass is 338 g/mol. The van der Waals surface area contributed by atoms with Gasteiger partial charge < -0.3 is 24.5 Å². The van der Waals surface area contributed by atoms with Gasteiger partial charge in [0.1, 0.15) is 24.6 Å². The summed E-state index contributed by atoms with van der Waals surface area (Å²) in [7, 11) is 0. The summed E-state index contributed by atoms with van der Waals surface area (Å²) >= 11 is 0. The van der Waals surface area contributed by atoms with E-state index >= 15 is 0 Å². The summed E-state index contributed by atoms with van der Waals surface area (Å²) < 4.78 is 16.9. The molecule has 6 nitrogen and oxygen atoms in total. The summed E-state index contributed by atoms with van der Waals surface area (Å²) in [5, 5.41) is 6.69. The van der Waals surface area contributed by atoms with Crippen molar-refractivity contribution in [3.8, 4) is 11.5 Å². The van der Waals surface area contributed by atoms with Crippen molar-refractivity contribution < 1.29 is 18.7 Å². The molecule has 0 aliphatic carbocycles. The lowest BCUT2D eigenvalue weighted by Crippen LogP contribution is -2.31. The van der Waals surface area contributed by atoms with E-state index in [0.717, 1.165) is 11.0 Å². The van der Waals surface area contributed by atoms with Crippen LogP contribution in [-0.2, 0) is 0 Å². The van der Waals surface area contributed by atoms with Gasteiger partial charge in [-0.05, 0) is 31.2 Å². The Morgan fingerprint density at radius 3 is 2.80 bits per heavy atom. The first-order chi connectivity index (χ1) is 12.2. The number of furan rings is 1. The van der Waals surface area contributed by atoms with E-state index in [0.29, 0.717) is 36.2 Å². The fraction of sp³-hybridized carbons (Fsp3) is 0.211. The van der Waals surface area contributed by atoms with Crippen molar-refractivity contribution in [2.24, 2.45) is 0 Å². The molecular weight excluding hydrogens is 320 g/mol. The van der Waals surface area contributed by atoms with Gasteiger partial charge in [-0.25, -0.2) is 4.79 Å². The number of amides is 2. The number of ether oxygens (including phenoxy) is 2. The highest BCUT2D eigenvalue weighted by Crippen LogP contribution is 2.37. The molecule has 1 unspecified atom stereocenters. The van der Waals surface area contributed by atoms with E-state index in [9.17, 15) is 4.79 Å². The quantitative estimate of drug-likeness (QED) is 0.754. The summed E-state index contributed by atoms with van der Waals surface area (Å²) in [4.78, 5) is 12.3. The molecule has 2 heterocycles. The van der Waals surface area contributed by atoms with E-state index in [2.05, 4.69) is 10.6 Å². The lowest BCUT2D eigenvalue weighted by Gasteiger charge is -2.21. The summed E-state index contributed by atoms with van der Waals surface area (Å²) in [6.07, 6.45) is 0. The highest BCUT2D eigenvalue weighted by Gasteiger charge is 2.19. The van der Waals surface area contributed by atoms with Crippen molar-refractivity contribution in [2.45, 2.75) is 13.0 Å². The molecule has 1 aromatic heterocycles. The topological polar surface area (TPSA) is 72.7 Å². The lowest BCUT2D eigenvalue weighted by atomic mass is 10.2. The summed E-state index contributed by atoms with van der Waals surface area (Å²) in [6, 6.07) is 14.5. The van der Waals surface area contributed by atoms with Gasteiger partial charge in [0, 0.05) is 5.39 Å². The van der Waals surface area contributed by atoms with Crippen LogP contribution in [0.25, 0.3) is 11.0 Å². The van der Waals surface area contributed by atoms with Crippen LogP contribution in [0.1, 0.15) is 18.7 Å². The maximum absolute atomic E-state index is 12.3. The molecular formula is C19H18N2O4. The number of hydrogen-bond donors (Lipinski definition) is 2. The molecule has 6 heteroatoms. The zero-order chi connectivity index (χ0) is 17.2. The molecule has 0 saturated carbocycles. The molecule has 3 aromatic rings. The molecule has 25 heavy (non-hydrogen) atoms. The van der Waals surface area contributed by atoms with Crippen LogP contribution in [0.5, 0.6) is 11.5 Å². The van der Waals surface area contributed by atoms with Gasteiger partial charge in [0.05, 0.1) is 11.7 Å². The number of hydrogen-bond acceptors (Lipinski definition) is 4. The number of rotatable bonds is 3. The van der Waals surface area contributed by atoms with Crippen LogP contribution in [0.2, 0.25) is 0 Å². The van der Waals surface area contributed by atoms with Crippen molar-refractivity contribution in [1.29, 1.82) is 0 Å². The number of nitrogens with one attached hydrogen (secondary N) is 2. The SMILES string of the molecule is CC(NC(=O)Nc1cccc2c1OCCO2)c1cc2ccccc2o1. The minimum Gasteiger partial charge on any atom is -0.486 e. The molecule has 1 aliphatic heterocycles. The average molecular weight is 338 g/mol. The van der Waals surface area contributed by atoms with Gasteiger partial charge in [0.2, 0.25) is 0 Å². The Morgan fingerprint density at radius 2 is 1.92 bits per heavy atom. The van der Waals surface area contributed by atoms with Crippen molar-refractivity contribution in [3.05, 3.63) is 54.3 Å². The second kappa shape index (κ2) is 6.39. The van der Waals surface area contributed by atoms with Crippen molar-refractivity contribution >= 4 is 22.7 Å². The van der Waals surface area contributed by atoms with E-state index < -0.39 is 0 Å². The highest BCUT2D eigenvalue weighted by molar-refractivity contribution is 5.92. The zero-order valence-corrected chi connectivity index (χ0v) is 13.7. The molecule has 0 fully saturated rings. The first kappa shape index (κ1) is 15.4. The van der Waals surface area contributed by atoms with Crippen LogP contribution in [0.15, 0.2) is 52.9 Å². The van der Waals surface area contributed by atoms with E-state index in [-0.39, 0.29) is 12.1 Å².